The van der Waals surface area contributed by atoms with Crippen LogP contribution in [0.5, 0.6) is 11.5 Å². The maximum atomic E-state index is 12.4. The van der Waals surface area contributed by atoms with Crippen LogP contribution in [-0.4, -0.2) is 43.7 Å². The number of nitrogens with one attached hydrogen (secondary N) is 1. The minimum absolute atomic E-state index is 0.0908. The van der Waals surface area contributed by atoms with E-state index in [0.29, 0.717) is 31.3 Å². The SMILES string of the molecule is O=C(CCC1CCN(C[C@H]2CC=CCC2)CC1)Nc1ccc2c(c1)OCCO2. The highest BCUT2D eigenvalue weighted by atomic mass is 16.6. The highest BCUT2D eigenvalue weighted by molar-refractivity contribution is 5.91. The standard InChI is InChI=1S/C23H32N2O3/c26-23(24-20-7-8-21-22(16-20)28-15-14-27-21)9-6-18-10-12-25(13-11-18)17-19-4-2-1-3-5-19/h1-2,7-8,16,18-19H,3-6,9-15,17H2,(H,24,26)/t19-/m0/s1. The molecule has 0 spiro atoms. The Morgan fingerprint density at radius 2 is 1.86 bits per heavy atom. The fraction of sp³-hybridized carbons (Fsp3) is 0.609. The lowest BCUT2D eigenvalue weighted by atomic mass is 9.89. The van der Waals surface area contributed by atoms with Crippen LogP contribution >= 0.6 is 0 Å². The van der Waals surface area contributed by atoms with E-state index in [1.807, 2.05) is 18.2 Å². The third-order valence-corrected chi connectivity index (χ3v) is 6.21. The molecular weight excluding hydrogens is 352 g/mol. The molecule has 0 unspecified atom stereocenters. The summed E-state index contributed by atoms with van der Waals surface area (Å²) in [6.45, 7) is 4.76. The number of allylic oxidation sites excluding steroid dienone is 2. The molecule has 28 heavy (non-hydrogen) atoms. The van der Waals surface area contributed by atoms with E-state index >= 15 is 0 Å². The molecule has 5 nitrogen and oxygen atoms in total. The van der Waals surface area contributed by atoms with Crippen LogP contribution in [-0.2, 0) is 4.79 Å². The number of likely N-dealkylation sites (tertiary alicyclic amines) is 1. The van der Waals surface area contributed by atoms with Crippen molar-refractivity contribution in [1.29, 1.82) is 0 Å². The molecule has 0 aromatic heterocycles. The number of fused-ring (bicyclic) bond motifs is 1. The number of hydrogen-bond acceptors (Lipinski definition) is 4. The Balaban J connectivity index is 1.16. The van der Waals surface area contributed by atoms with Crippen LogP contribution in [0.1, 0.15) is 44.9 Å². The quantitative estimate of drug-likeness (QED) is 0.745. The van der Waals surface area contributed by atoms with E-state index in [1.165, 1.54) is 51.7 Å². The van der Waals surface area contributed by atoms with Crippen molar-refractivity contribution >= 4 is 11.6 Å². The Morgan fingerprint density at radius 1 is 1.04 bits per heavy atom. The van der Waals surface area contributed by atoms with Gasteiger partial charge in [0.2, 0.25) is 5.91 Å². The Kier molecular flexibility index (Phi) is 6.53. The van der Waals surface area contributed by atoms with Crippen molar-refractivity contribution in [3.05, 3.63) is 30.4 Å². The molecule has 0 radical (unpaired) electrons. The average molecular weight is 385 g/mol. The lowest BCUT2D eigenvalue weighted by Gasteiger charge is -2.34. The van der Waals surface area contributed by atoms with Gasteiger partial charge in [-0.2, -0.15) is 0 Å². The van der Waals surface area contributed by atoms with Crippen molar-refractivity contribution in [3.63, 3.8) is 0 Å². The number of ether oxygens (including phenoxy) is 2. The van der Waals surface area contributed by atoms with Gasteiger partial charge in [-0.3, -0.25) is 4.79 Å². The van der Waals surface area contributed by atoms with E-state index in [2.05, 4.69) is 22.4 Å². The van der Waals surface area contributed by atoms with Crippen LogP contribution < -0.4 is 14.8 Å². The van der Waals surface area contributed by atoms with Gasteiger partial charge >= 0.3 is 0 Å². The van der Waals surface area contributed by atoms with Crippen LogP contribution in [0.3, 0.4) is 0 Å². The molecule has 1 fully saturated rings. The third kappa shape index (κ3) is 5.28. The minimum atomic E-state index is 0.0908. The first kappa shape index (κ1) is 19.3. The molecule has 4 rings (SSSR count). The third-order valence-electron chi connectivity index (χ3n) is 6.21. The van der Waals surface area contributed by atoms with Crippen LogP contribution in [0, 0.1) is 11.8 Å². The number of anilines is 1. The maximum Gasteiger partial charge on any atom is 0.224 e. The number of carbonyl (C=O) groups is 1. The second kappa shape index (κ2) is 9.46. The highest BCUT2D eigenvalue weighted by Gasteiger charge is 2.22. The van der Waals surface area contributed by atoms with E-state index in [0.717, 1.165) is 23.8 Å². The van der Waals surface area contributed by atoms with Gasteiger partial charge < -0.3 is 19.7 Å². The van der Waals surface area contributed by atoms with Crippen molar-refractivity contribution in [2.24, 2.45) is 11.8 Å². The van der Waals surface area contributed by atoms with Crippen LogP contribution in [0.25, 0.3) is 0 Å². The predicted octanol–water partition coefficient (Wildman–Crippen LogP) is 4.24. The monoisotopic (exact) mass is 384 g/mol. The molecule has 1 aromatic carbocycles. The van der Waals surface area contributed by atoms with Gasteiger partial charge in [0.25, 0.3) is 0 Å². The summed E-state index contributed by atoms with van der Waals surface area (Å²) in [6.07, 6.45) is 12.5. The second-order valence-electron chi connectivity index (χ2n) is 8.34. The molecular formula is C23H32N2O3. The zero-order chi connectivity index (χ0) is 19.2. The van der Waals surface area contributed by atoms with Crippen LogP contribution in [0.15, 0.2) is 30.4 Å². The Labute approximate surface area is 168 Å². The Morgan fingerprint density at radius 3 is 2.64 bits per heavy atom. The summed E-state index contributed by atoms with van der Waals surface area (Å²) in [5, 5.41) is 3.00. The number of carbonyl (C=O) groups excluding carboxylic acids is 1. The molecule has 2 heterocycles. The van der Waals surface area contributed by atoms with Gasteiger partial charge in [-0.25, -0.2) is 0 Å². The zero-order valence-electron chi connectivity index (χ0n) is 16.7. The second-order valence-corrected chi connectivity index (χ2v) is 8.34. The molecule has 1 N–H and O–H groups in total. The molecule has 152 valence electrons. The van der Waals surface area contributed by atoms with Crippen molar-refractivity contribution < 1.29 is 14.3 Å². The summed E-state index contributed by atoms with van der Waals surface area (Å²) in [7, 11) is 0. The topological polar surface area (TPSA) is 50.8 Å². The molecule has 2 aliphatic heterocycles. The summed E-state index contributed by atoms with van der Waals surface area (Å²) in [6, 6.07) is 5.59. The summed E-state index contributed by atoms with van der Waals surface area (Å²) < 4.78 is 11.1. The van der Waals surface area contributed by atoms with E-state index in [1.54, 1.807) is 0 Å². The van der Waals surface area contributed by atoms with E-state index in [-0.39, 0.29) is 5.91 Å². The van der Waals surface area contributed by atoms with Gasteiger partial charge in [0.15, 0.2) is 11.5 Å². The summed E-state index contributed by atoms with van der Waals surface area (Å²) >= 11 is 0. The molecule has 1 atom stereocenters. The molecule has 5 heteroatoms. The van der Waals surface area contributed by atoms with Crippen molar-refractivity contribution in [3.8, 4) is 11.5 Å². The number of benzene rings is 1. The number of rotatable bonds is 6. The van der Waals surface area contributed by atoms with Gasteiger partial charge in [0.1, 0.15) is 13.2 Å². The minimum Gasteiger partial charge on any atom is -0.486 e. The summed E-state index contributed by atoms with van der Waals surface area (Å²) in [5.74, 6) is 3.07. The lowest BCUT2D eigenvalue weighted by molar-refractivity contribution is -0.116. The van der Waals surface area contributed by atoms with Gasteiger partial charge in [-0.1, -0.05) is 12.2 Å². The predicted molar refractivity (Wildman–Crippen MR) is 111 cm³/mol. The number of hydrogen-bond donors (Lipinski definition) is 1. The molecule has 1 amide bonds. The van der Waals surface area contributed by atoms with Crippen LogP contribution in [0.2, 0.25) is 0 Å². The Hall–Kier alpha value is -2.01. The van der Waals surface area contributed by atoms with E-state index in [4.69, 9.17) is 9.47 Å². The fourth-order valence-electron chi connectivity index (χ4n) is 4.52. The number of nitrogens with zero attached hydrogens (tertiary/aromatic N) is 1. The van der Waals surface area contributed by atoms with Crippen molar-refractivity contribution in [2.75, 3.05) is 38.2 Å². The van der Waals surface area contributed by atoms with Crippen molar-refractivity contribution in [2.45, 2.75) is 44.9 Å². The smallest absolute Gasteiger partial charge is 0.224 e. The van der Waals surface area contributed by atoms with E-state index < -0.39 is 0 Å². The Bertz CT molecular complexity index is 695. The normalized spacial score (nSPS) is 22.8. The van der Waals surface area contributed by atoms with E-state index in [9.17, 15) is 4.79 Å². The van der Waals surface area contributed by atoms with Gasteiger partial charge in [0.05, 0.1) is 0 Å². The lowest BCUT2D eigenvalue weighted by Crippen LogP contribution is -2.37. The summed E-state index contributed by atoms with van der Waals surface area (Å²) in [4.78, 5) is 15.0. The molecule has 3 aliphatic rings. The number of piperidine rings is 1. The van der Waals surface area contributed by atoms with Crippen molar-refractivity contribution in [1.82, 2.24) is 4.90 Å². The molecule has 0 bridgehead atoms. The number of amides is 1. The zero-order valence-corrected chi connectivity index (χ0v) is 16.7. The molecule has 1 aliphatic carbocycles. The largest absolute Gasteiger partial charge is 0.486 e. The molecule has 1 aromatic rings. The summed E-state index contributed by atoms with van der Waals surface area (Å²) in [5.41, 5.74) is 0.783. The molecule has 0 saturated carbocycles. The van der Waals surface area contributed by atoms with Gasteiger partial charge in [-0.15, -0.1) is 0 Å². The highest BCUT2D eigenvalue weighted by Crippen LogP contribution is 2.33. The van der Waals surface area contributed by atoms with Gasteiger partial charge in [-0.05, 0) is 75.6 Å². The first-order valence-electron chi connectivity index (χ1n) is 10.8. The maximum absolute atomic E-state index is 12.4. The van der Waals surface area contributed by atoms with Gasteiger partial charge in [0, 0.05) is 24.7 Å². The first-order chi connectivity index (χ1) is 13.8. The molecule has 1 saturated heterocycles. The average Bonchev–Trinajstić information content (AvgIpc) is 2.74. The first-order valence-corrected chi connectivity index (χ1v) is 10.8. The fourth-order valence-corrected chi connectivity index (χ4v) is 4.52. The van der Waals surface area contributed by atoms with Crippen LogP contribution in [0.4, 0.5) is 5.69 Å².